The third-order valence-electron chi connectivity index (χ3n) is 6.14. The normalized spacial score (nSPS) is 17.6. The first kappa shape index (κ1) is 18.3. The van der Waals surface area contributed by atoms with E-state index in [9.17, 15) is 0 Å². The molecule has 1 aliphatic rings. The fourth-order valence-electron chi connectivity index (χ4n) is 4.48. The van der Waals surface area contributed by atoms with Gasteiger partial charge in [0, 0.05) is 35.8 Å². The van der Waals surface area contributed by atoms with E-state index in [-0.39, 0.29) is 6.10 Å². The predicted octanol–water partition coefficient (Wildman–Crippen LogP) is 4.28. The van der Waals surface area contributed by atoms with Crippen LogP contribution in [0.1, 0.15) is 48.1 Å². The molecule has 0 aliphatic carbocycles. The van der Waals surface area contributed by atoms with Crippen LogP contribution in [0.25, 0.3) is 27.8 Å². The molecule has 0 saturated carbocycles. The second-order valence-corrected chi connectivity index (χ2v) is 8.26. The first-order valence-electron chi connectivity index (χ1n) is 10.3. The summed E-state index contributed by atoms with van der Waals surface area (Å²) < 4.78 is 7.86. The Kier molecular flexibility index (Phi) is 4.41. The highest BCUT2D eigenvalue weighted by atomic mass is 16.5. The van der Waals surface area contributed by atoms with Crippen LogP contribution in [0.15, 0.2) is 30.7 Å². The van der Waals surface area contributed by atoms with Crippen LogP contribution in [0, 0.1) is 13.8 Å². The lowest BCUT2D eigenvalue weighted by molar-refractivity contribution is 0.0278. The van der Waals surface area contributed by atoms with Gasteiger partial charge in [-0.1, -0.05) is 19.9 Å². The molecular weight excluding hydrogens is 362 g/mol. The van der Waals surface area contributed by atoms with Gasteiger partial charge in [-0.25, -0.2) is 9.50 Å². The van der Waals surface area contributed by atoms with E-state index in [2.05, 4.69) is 72.5 Å². The van der Waals surface area contributed by atoms with Crippen LogP contribution in [0.5, 0.6) is 0 Å². The Morgan fingerprint density at radius 2 is 2.07 bits per heavy atom. The summed E-state index contributed by atoms with van der Waals surface area (Å²) in [6.45, 7) is 11.3. The molecule has 0 bridgehead atoms. The van der Waals surface area contributed by atoms with Crippen molar-refractivity contribution < 1.29 is 4.74 Å². The number of aromatic nitrogens is 4. The van der Waals surface area contributed by atoms with E-state index in [1.165, 1.54) is 33.3 Å². The van der Waals surface area contributed by atoms with E-state index in [1.54, 1.807) is 6.33 Å². The molecule has 6 heteroatoms. The number of rotatable bonds is 3. The van der Waals surface area contributed by atoms with Crippen molar-refractivity contribution in [1.29, 1.82) is 0 Å². The lowest BCUT2D eigenvalue weighted by atomic mass is 9.93. The number of hydrogen-bond acceptors (Lipinski definition) is 4. The molecule has 4 aromatic rings. The van der Waals surface area contributed by atoms with Gasteiger partial charge in [0.1, 0.15) is 6.33 Å². The molecule has 1 fully saturated rings. The van der Waals surface area contributed by atoms with Gasteiger partial charge in [0.15, 0.2) is 5.65 Å². The van der Waals surface area contributed by atoms with Gasteiger partial charge in [-0.2, -0.15) is 5.10 Å². The Labute approximate surface area is 170 Å². The van der Waals surface area contributed by atoms with E-state index in [0.29, 0.717) is 5.92 Å². The molecule has 150 valence electrons. The quantitative estimate of drug-likeness (QED) is 0.549. The molecule has 1 aromatic carbocycles. The molecule has 6 nitrogen and oxygen atoms in total. The average molecular weight is 390 g/mol. The van der Waals surface area contributed by atoms with Crippen molar-refractivity contribution >= 4 is 16.6 Å². The van der Waals surface area contributed by atoms with Crippen molar-refractivity contribution in [3.8, 4) is 11.3 Å². The van der Waals surface area contributed by atoms with Crippen LogP contribution >= 0.6 is 0 Å². The molecule has 5 rings (SSSR count). The second-order valence-electron chi connectivity index (χ2n) is 8.26. The Balaban J connectivity index is 1.72. The van der Waals surface area contributed by atoms with Crippen molar-refractivity contribution in [1.82, 2.24) is 24.9 Å². The van der Waals surface area contributed by atoms with Crippen molar-refractivity contribution in [3.63, 3.8) is 0 Å². The third-order valence-corrected chi connectivity index (χ3v) is 6.14. The zero-order valence-corrected chi connectivity index (χ0v) is 17.4. The lowest BCUT2D eigenvalue weighted by Crippen LogP contribution is -2.33. The summed E-state index contributed by atoms with van der Waals surface area (Å²) in [5, 5.41) is 9.08. The summed E-state index contributed by atoms with van der Waals surface area (Å²) in [5.41, 5.74) is 9.40. The molecule has 2 N–H and O–H groups in total. The molecule has 1 atom stereocenters. The number of nitrogens with zero attached hydrogens (tertiary/aromatic N) is 3. The summed E-state index contributed by atoms with van der Waals surface area (Å²) >= 11 is 0. The molecule has 1 aliphatic heterocycles. The molecule has 0 amide bonds. The summed E-state index contributed by atoms with van der Waals surface area (Å²) in [6, 6.07) is 6.68. The molecule has 0 radical (unpaired) electrons. The van der Waals surface area contributed by atoms with Crippen LogP contribution in [0.4, 0.5) is 0 Å². The fourth-order valence-corrected chi connectivity index (χ4v) is 4.48. The number of pyridine rings is 1. The van der Waals surface area contributed by atoms with Gasteiger partial charge in [0.05, 0.1) is 18.4 Å². The third kappa shape index (κ3) is 2.94. The minimum absolute atomic E-state index is 0.113. The molecule has 3 aromatic heterocycles. The van der Waals surface area contributed by atoms with Crippen molar-refractivity contribution in [2.24, 2.45) is 0 Å². The number of nitrogens with one attached hydrogen (secondary N) is 2. The first-order valence-corrected chi connectivity index (χ1v) is 10.3. The van der Waals surface area contributed by atoms with E-state index in [4.69, 9.17) is 4.74 Å². The average Bonchev–Trinajstić information content (AvgIpc) is 3.35. The smallest absolute Gasteiger partial charge is 0.158 e. The maximum atomic E-state index is 5.99. The van der Waals surface area contributed by atoms with Gasteiger partial charge in [0.25, 0.3) is 0 Å². The van der Waals surface area contributed by atoms with Gasteiger partial charge in [-0.15, -0.1) is 0 Å². The summed E-state index contributed by atoms with van der Waals surface area (Å²) in [6.07, 6.45) is 3.82. The Morgan fingerprint density at radius 1 is 1.21 bits per heavy atom. The molecule has 29 heavy (non-hydrogen) atoms. The maximum Gasteiger partial charge on any atom is 0.158 e. The second kappa shape index (κ2) is 6.97. The van der Waals surface area contributed by atoms with E-state index in [0.717, 1.165) is 36.4 Å². The number of ether oxygens (including phenoxy) is 1. The molecule has 1 unspecified atom stereocenters. The van der Waals surface area contributed by atoms with Crippen LogP contribution in [0.3, 0.4) is 0 Å². The van der Waals surface area contributed by atoms with E-state index >= 15 is 0 Å². The summed E-state index contributed by atoms with van der Waals surface area (Å²) in [7, 11) is 0. The SMILES string of the molecule is Cc1c(-c2[nH]c3ccc(C4CNCCO4)cc3c2C(C)C)cn2ncnc2c1C. The van der Waals surface area contributed by atoms with Gasteiger partial charge in [-0.3, -0.25) is 0 Å². The van der Waals surface area contributed by atoms with Crippen LogP contribution in [-0.2, 0) is 4.74 Å². The predicted molar refractivity (Wildman–Crippen MR) is 115 cm³/mol. The van der Waals surface area contributed by atoms with E-state index in [1.807, 2.05) is 4.52 Å². The molecule has 0 spiro atoms. The number of aryl methyl sites for hydroxylation is 1. The van der Waals surface area contributed by atoms with Crippen molar-refractivity contribution in [2.75, 3.05) is 19.7 Å². The van der Waals surface area contributed by atoms with Crippen molar-refractivity contribution in [2.45, 2.75) is 39.7 Å². The number of benzene rings is 1. The maximum absolute atomic E-state index is 5.99. The van der Waals surface area contributed by atoms with Gasteiger partial charge in [0.2, 0.25) is 0 Å². The standard InChI is InChI=1S/C23H27N5O/c1-13(2)21-17-9-16(20-10-24-7-8-29-20)5-6-19(17)27-22(21)18-11-28-23(25-12-26-28)15(4)14(18)3/h5-6,9,11-13,20,24,27H,7-8,10H2,1-4H3. The molecular formula is C23H27N5O. The highest BCUT2D eigenvalue weighted by Gasteiger charge is 2.22. The zero-order valence-electron chi connectivity index (χ0n) is 17.4. The zero-order chi connectivity index (χ0) is 20.1. The highest BCUT2D eigenvalue weighted by molar-refractivity contribution is 5.92. The largest absolute Gasteiger partial charge is 0.371 e. The number of morpholine rings is 1. The Hall–Kier alpha value is -2.70. The number of fused-ring (bicyclic) bond motifs is 2. The van der Waals surface area contributed by atoms with Gasteiger partial charge < -0.3 is 15.0 Å². The molecule has 1 saturated heterocycles. The molecule has 4 heterocycles. The highest BCUT2D eigenvalue weighted by Crippen LogP contribution is 2.39. The van der Waals surface area contributed by atoms with E-state index < -0.39 is 0 Å². The summed E-state index contributed by atoms with van der Waals surface area (Å²) in [5.74, 6) is 0.380. The van der Waals surface area contributed by atoms with Crippen LogP contribution in [0.2, 0.25) is 0 Å². The first-order chi connectivity index (χ1) is 14.0. The number of H-pyrrole nitrogens is 1. The minimum Gasteiger partial charge on any atom is -0.371 e. The van der Waals surface area contributed by atoms with Crippen molar-refractivity contribution in [3.05, 3.63) is 53.0 Å². The minimum atomic E-state index is 0.113. The monoisotopic (exact) mass is 389 g/mol. The Bertz CT molecular complexity index is 1200. The van der Waals surface area contributed by atoms with Crippen LogP contribution in [-0.4, -0.2) is 39.3 Å². The lowest BCUT2D eigenvalue weighted by Gasteiger charge is -2.24. The number of hydrogen-bond donors (Lipinski definition) is 2. The topological polar surface area (TPSA) is 67.2 Å². The van der Waals surface area contributed by atoms with Gasteiger partial charge >= 0.3 is 0 Å². The Morgan fingerprint density at radius 3 is 2.83 bits per heavy atom. The fraction of sp³-hybridized carbons (Fsp3) is 0.391. The number of aromatic amines is 1. The van der Waals surface area contributed by atoms with Gasteiger partial charge in [-0.05, 0) is 54.2 Å². The van der Waals surface area contributed by atoms with Crippen LogP contribution < -0.4 is 5.32 Å². The summed E-state index contributed by atoms with van der Waals surface area (Å²) in [4.78, 5) is 8.10.